The van der Waals surface area contributed by atoms with Gasteiger partial charge in [0.1, 0.15) is 0 Å². The van der Waals surface area contributed by atoms with E-state index in [1.54, 1.807) is 0 Å². The van der Waals surface area contributed by atoms with E-state index < -0.39 is 0 Å². The van der Waals surface area contributed by atoms with Gasteiger partial charge < -0.3 is 20.4 Å². The second-order valence-electron chi connectivity index (χ2n) is 3.91. The third kappa shape index (κ3) is 0.650. The molecule has 4 N–H and O–H groups in total. The Hall–Kier alpha value is -2.24. The Balaban J connectivity index is 2.42. The van der Waals surface area contributed by atoms with Gasteiger partial charge in [0, 0.05) is 14.1 Å². The maximum absolute atomic E-state index is 9.73. The number of hydrogen-bond donors (Lipinski definition) is 4. The zero-order valence-electron chi connectivity index (χ0n) is 8.68. The number of rotatable bonds is 0. The lowest BCUT2D eigenvalue weighted by Crippen LogP contribution is -1.91. The van der Waals surface area contributed by atoms with Gasteiger partial charge in [0.15, 0.2) is 0 Å². The minimum Gasteiger partial charge on any atom is -0.494 e. The molecule has 6 nitrogen and oxygen atoms in total. The maximum atomic E-state index is 9.73. The van der Waals surface area contributed by atoms with E-state index in [1.807, 2.05) is 0 Å². The van der Waals surface area contributed by atoms with Gasteiger partial charge in [-0.3, -0.25) is 9.13 Å². The largest absolute Gasteiger partial charge is 0.494 e. The summed E-state index contributed by atoms with van der Waals surface area (Å²) in [4.78, 5) is 0. The van der Waals surface area contributed by atoms with Gasteiger partial charge in [-0.25, -0.2) is 0 Å². The number of nitrogens with zero attached hydrogens (tertiary/aromatic N) is 2. The van der Waals surface area contributed by atoms with Crippen LogP contribution in [0.1, 0.15) is 0 Å². The zero-order valence-corrected chi connectivity index (χ0v) is 8.68. The molecule has 0 unspecified atom stereocenters. The number of aromatic hydroxyl groups is 4. The lowest BCUT2D eigenvalue weighted by atomic mass is 9.86. The van der Waals surface area contributed by atoms with Crippen molar-refractivity contribution in [2.24, 2.45) is 14.1 Å². The monoisotopic (exact) mass is 222 g/mol. The van der Waals surface area contributed by atoms with Crippen LogP contribution in [0.4, 0.5) is 0 Å². The van der Waals surface area contributed by atoms with Crippen LogP contribution in [0.25, 0.3) is 22.3 Å². The van der Waals surface area contributed by atoms with Crippen LogP contribution in [-0.4, -0.2) is 29.6 Å². The zero-order chi connectivity index (χ0) is 11.8. The summed E-state index contributed by atoms with van der Waals surface area (Å²) < 4.78 is 2.40. The standard InChI is InChI=1S/C10H10N2O4/c1-11-7(13)3-4(8(11)14)6-5(3)9(15)12(2)10(6)16/h13-16H,1-2H3. The summed E-state index contributed by atoms with van der Waals surface area (Å²) >= 11 is 0. The second-order valence-corrected chi connectivity index (χ2v) is 3.91. The maximum Gasteiger partial charge on any atom is 0.202 e. The first kappa shape index (κ1) is 9.02. The van der Waals surface area contributed by atoms with Crippen molar-refractivity contribution in [3.63, 3.8) is 0 Å². The van der Waals surface area contributed by atoms with Crippen LogP contribution in [0.3, 0.4) is 0 Å². The van der Waals surface area contributed by atoms with Crippen LogP contribution in [0.15, 0.2) is 0 Å². The summed E-state index contributed by atoms with van der Waals surface area (Å²) in [5.74, 6) is -0.497. The van der Waals surface area contributed by atoms with Crippen molar-refractivity contribution in [3.8, 4) is 45.8 Å². The van der Waals surface area contributed by atoms with Crippen molar-refractivity contribution in [2.75, 3.05) is 0 Å². The Kier molecular flexibility index (Phi) is 1.29. The molecule has 0 aliphatic heterocycles. The SMILES string of the molecule is Cn1c(O)c2c(c1O)-c1c-2c(O)n(C)c1O. The van der Waals surface area contributed by atoms with E-state index in [-0.39, 0.29) is 23.5 Å². The summed E-state index contributed by atoms with van der Waals surface area (Å²) in [6.45, 7) is 0. The van der Waals surface area contributed by atoms with E-state index in [2.05, 4.69) is 0 Å². The van der Waals surface area contributed by atoms with Gasteiger partial charge >= 0.3 is 0 Å². The van der Waals surface area contributed by atoms with Crippen molar-refractivity contribution in [3.05, 3.63) is 0 Å². The van der Waals surface area contributed by atoms with Gasteiger partial charge in [-0.05, 0) is 0 Å². The molecule has 0 spiro atoms. The summed E-state index contributed by atoms with van der Waals surface area (Å²) in [7, 11) is 3.00. The molecule has 0 saturated carbocycles. The lowest BCUT2D eigenvalue weighted by Gasteiger charge is -2.14. The summed E-state index contributed by atoms with van der Waals surface area (Å²) in [5, 5.41) is 38.9. The first-order chi connectivity index (χ1) is 7.46. The van der Waals surface area contributed by atoms with Gasteiger partial charge in [0.2, 0.25) is 23.5 Å². The second kappa shape index (κ2) is 2.29. The Bertz CT molecular complexity index is 514. The highest BCUT2D eigenvalue weighted by molar-refractivity contribution is 6.12. The smallest absolute Gasteiger partial charge is 0.202 e. The summed E-state index contributed by atoms with van der Waals surface area (Å²) in [5.41, 5.74) is 1.51. The third-order valence-corrected chi connectivity index (χ3v) is 3.17. The Labute approximate surface area is 90.2 Å². The Morgan fingerprint density at radius 1 is 0.562 bits per heavy atom. The minimum absolute atomic E-state index is 0.124. The van der Waals surface area contributed by atoms with E-state index >= 15 is 0 Å². The Morgan fingerprint density at radius 3 is 0.938 bits per heavy atom. The number of fused-ring (bicyclic) bond motifs is 4. The molecule has 0 saturated heterocycles. The molecular weight excluding hydrogens is 212 g/mol. The topological polar surface area (TPSA) is 90.8 Å². The summed E-state index contributed by atoms with van der Waals surface area (Å²) in [6.07, 6.45) is 0. The molecule has 2 heterocycles. The molecule has 0 radical (unpaired) electrons. The van der Waals surface area contributed by atoms with Gasteiger partial charge in [-0.15, -0.1) is 0 Å². The number of aromatic nitrogens is 2. The van der Waals surface area contributed by atoms with Crippen LogP contribution in [0, 0.1) is 0 Å². The fourth-order valence-electron chi connectivity index (χ4n) is 2.20. The molecule has 2 aromatic rings. The van der Waals surface area contributed by atoms with Crippen LogP contribution in [0.2, 0.25) is 0 Å². The normalized spacial score (nSPS) is 12.1. The molecule has 1 aliphatic carbocycles. The predicted molar refractivity (Wildman–Crippen MR) is 55.5 cm³/mol. The van der Waals surface area contributed by atoms with Crippen molar-refractivity contribution in [2.45, 2.75) is 0 Å². The van der Waals surface area contributed by atoms with Gasteiger partial charge in [-0.2, -0.15) is 0 Å². The molecule has 0 atom stereocenters. The van der Waals surface area contributed by atoms with Crippen LogP contribution < -0.4 is 0 Å². The molecule has 1 aliphatic rings. The molecule has 0 fully saturated rings. The average Bonchev–Trinajstić information content (AvgIpc) is 2.49. The van der Waals surface area contributed by atoms with E-state index in [0.717, 1.165) is 0 Å². The van der Waals surface area contributed by atoms with Crippen molar-refractivity contribution < 1.29 is 20.4 Å². The molecule has 2 aromatic heterocycles. The highest BCUT2D eigenvalue weighted by Crippen LogP contribution is 2.64. The van der Waals surface area contributed by atoms with Crippen molar-refractivity contribution >= 4 is 0 Å². The minimum atomic E-state index is -0.124. The number of hydrogen-bond acceptors (Lipinski definition) is 4. The highest BCUT2D eigenvalue weighted by atomic mass is 16.3. The first-order valence-corrected chi connectivity index (χ1v) is 4.68. The lowest BCUT2D eigenvalue weighted by molar-refractivity contribution is 0.383. The van der Waals surface area contributed by atoms with Gasteiger partial charge in [0.05, 0.1) is 22.3 Å². The molecule has 3 rings (SSSR count). The Morgan fingerprint density at radius 2 is 0.750 bits per heavy atom. The molecule has 6 heteroatoms. The van der Waals surface area contributed by atoms with Gasteiger partial charge in [-0.1, -0.05) is 0 Å². The molecule has 0 bridgehead atoms. The first-order valence-electron chi connectivity index (χ1n) is 4.68. The third-order valence-electron chi connectivity index (χ3n) is 3.17. The van der Waals surface area contributed by atoms with E-state index in [9.17, 15) is 20.4 Å². The molecule has 16 heavy (non-hydrogen) atoms. The van der Waals surface area contributed by atoms with Crippen molar-refractivity contribution in [1.29, 1.82) is 0 Å². The molecule has 84 valence electrons. The van der Waals surface area contributed by atoms with Crippen LogP contribution >= 0.6 is 0 Å². The molecular formula is C10H10N2O4. The fourth-order valence-corrected chi connectivity index (χ4v) is 2.20. The van der Waals surface area contributed by atoms with Crippen molar-refractivity contribution in [1.82, 2.24) is 9.13 Å². The van der Waals surface area contributed by atoms with E-state index in [1.165, 1.54) is 23.2 Å². The summed E-state index contributed by atoms with van der Waals surface area (Å²) in [6, 6.07) is 0. The van der Waals surface area contributed by atoms with Crippen LogP contribution in [-0.2, 0) is 14.1 Å². The van der Waals surface area contributed by atoms with E-state index in [4.69, 9.17) is 0 Å². The predicted octanol–water partition coefficient (Wildman–Crippen LogP) is 0.833. The quantitative estimate of drug-likeness (QED) is 0.453. The van der Waals surface area contributed by atoms with E-state index in [0.29, 0.717) is 22.3 Å². The fraction of sp³-hybridized carbons (Fsp3) is 0.200. The highest BCUT2D eigenvalue weighted by Gasteiger charge is 2.41. The van der Waals surface area contributed by atoms with Crippen LogP contribution in [0.5, 0.6) is 23.5 Å². The van der Waals surface area contributed by atoms with Gasteiger partial charge in [0.25, 0.3) is 0 Å². The molecule has 0 amide bonds. The molecule has 0 aromatic carbocycles. The average molecular weight is 222 g/mol.